The van der Waals surface area contributed by atoms with Crippen LogP contribution in [0.5, 0.6) is 5.75 Å². The molecule has 0 bridgehead atoms. The molecule has 0 fully saturated rings. The van der Waals surface area contributed by atoms with Gasteiger partial charge in [-0.1, -0.05) is 6.07 Å². The van der Waals surface area contributed by atoms with Gasteiger partial charge in [0.1, 0.15) is 5.75 Å². The number of rotatable bonds is 2. The van der Waals surface area contributed by atoms with Crippen LogP contribution >= 0.6 is 0 Å². The summed E-state index contributed by atoms with van der Waals surface area (Å²) in [5.74, 6) is 0.843. The fraction of sp³-hybridized carbons (Fsp3) is 0.455. The normalized spacial score (nSPS) is 12.7. The molecule has 1 aromatic carbocycles. The summed E-state index contributed by atoms with van der Waals surface area (Å²) in [5.41, 5.74) is 3.18. The molecule has 2 nitrogen and oxygen atoms in total. The minimum Gasteiger partial charge on any atom is -0.496 e. The zero-order valence-corrected chi connectivity index (χ0v) is 8.59. The SMILES string of the molecule is COc1cc(C(C)O)cc(C)c1C. The monoisotopic (exact) mass is 180 g/mol. The van der Waals surface area contributed by atoms with Crippen molar-refractivity contribution < 1.29 is 9.84 Å². The van der Waals surface area contributed by atoms with Crippen molar-refractivity contribution in [2.24, 2.45) is 0 Å². The molecule has 0 spiro atoms. The van der Waals surface area contributed by atoms with E-state index in [0.29, 0.717) is 0 Å². The first-order chi connectivity index (χ1) is 6.06. The Kier molecular flexibility index (Phi) is 2.94. The van der Waals surface area contributed by atoms with Crippen LogP contribution in [-0.2, 0) is 0 Å². The second-order valence-corrected chi connectivity index (χ2v) is 3.34. The summed E-state index contributed by atoms with van der Waals surface area (Å²) in [5, 5.41) is 9.40. The summed E-state index contributed by atoms with van der Waals surface area (Å²) in [6, 6.07) is 3.87. The second kappa shape index (κ2) is 3.79. The van der Waals surface area contributed by atoms with E-state index in [-0.39, 0.29) is 0 Å². The van der Waals surface area contributed by atoms with Gasteiger partial charge in [-0.05, 0) is 43.5 Å². The maximum absolute atomic E-state index is 9.40. The number of aliphatic hydroxyl groups excluding tert-OH is 1. The van der Waals surface area contributed by atoms with Crippen molar-refractivity contribution in [1.29, 1.82) is 0 Å². The predicted octanol–water partition coefficient (Wildman–Crippen LogP) is 2.37. The molecule has 0 aliphatic rings. The van der Waals surface area contributed by atoms with Crippen LogP contribution in [0, 0.1) is 13.8 Å². The molecule has 1 N–H and O–H groups in total. The molecule has 1 unspecified atom stereocenters. The van der Waals surface area contributed by atoms with Gasteiger partial charge in [0.05, 0.1) is 13.2 Å². The Balaban J connectivity index is 3.22. The third kappa shape index (κ3) is 2.01. The lowest BCUT2D eigenvalue weighted by molar-refractivity contribution is 0.198. The average Bonchev–Trinajstić information content (AvgIpc) is 2.09. The van der Waals surface area contributed by atoms with Crippen LogP contribution in [0.4, 0.5) is 0 Å². The van der Waals surface area contributed by atoms with Crippen LogP contribution in [0.15, 0.2) is 12.1 Å². The minimum atomic E-state index is -0.437. The van der Waals surface area contributed by atoms with Crippen molar-refractivity contribution in [3.8, 4) is 5.75 Å². The third-order valence-corrected chi connectivity index (χ3v) is 2.34. The summed E-state index contributed by atoms with van der Waals surface area (Å²) in [4.78, 5) is 0. The lowest BCUT2D eigenvalue weighted by Crippen LogP contribution is -1.96. The topological polar surface area (TPSA) is 29.5 Å². The first kappa shape index (κ1) is 10.1. The maximum atomic E-state index is 9.40. The van der Waals surface area contributed by atoms with Gasteiger partial charge in [0.25, 0.3) is 0 Å². The fourth-order valence-corrected chi connectivity index (χ4v) is 1.31. The molecule has 1 rings (SSSR count). The number of aryl methyl sites for hydroxylation is 1. The van der Waals surface area contributed by atoms with Gasteiger partial charge in [-0.15, -0.1) is 0 Å². The Bertz CT molecular complexity index is 303. The summed E-state index contributed by atoms with van der Waals surface area (Å²) in [6.07, 6.45) is -0.437. The number of hydrogen-bond donors (Lipinski definition) is 1. The largest absolute Gasteiger partial charge is 0.496 e. The average molecular weight is 180 g/mol. The standard InChI is InChI=1S/C11H16O2/c1-7-5-10(9(3)12)6-11(13-4)8(7)2/h5-6,9,12H,1-4H3. The van der Waals surface area contributed by atoms with Crippen molar-refractivity contribution in [1.82, 2.24) is 0 Å². The summed E-state index contributed by atoms with van der Waals surface area (Å²) in [6.45, 7) is 5.78. The van der Waals surface area contributed by atoms with Crippen molar-refractivity contribution in [2.75, 3.05) is 7.11 Å². The van der Waals surface area contributed by atoms with Gasteiger partial charge in [0.15, 0.2) is 0 Å². The zero-order valence-electron chi connectivity index (χ0n) is 8.59. The minimum absolute atomic E-state index is 0.437. The van der Waals surface area contributed by atoms with Gasteiger partial charge < -0.3 is 9.84 Å². The van der Waals surface area contributed by atoms with E-state index in [1.807, 2.05) is 26.0 Å². The van der Waals surface area contributed by atoms with Crippen LogP contribution in [0.3, 0.4) is 0 Å². The quantitative estimate of drug-likeness (QED) is 0.757. The Morgan fingerprint density at radius 2 is 1.92 bits per heavy atom. The number of ether oxygens (including phenoxy) is 1. The number of methoxy groups -OCH3 is 1. The van der Waals surface area contributed by atoms with Gasteiger partial charge in [-0.25, -0.2) is 0 Å². The van der Waals surface area contributed by atoms with E-state index in [2.05, 4.69) is 0 Å². The highest BCUT2D eigenvalue weighted by atomic mass is 16.5. The van der Waals surface area contributed by atoms with E-state index < -0.39 is 6.10 Å². The molecule has 0 aliphatic carbocycles. The van der Waals surface area contributed by atoms with Gasteiger partial charge in [-0.2, -0.15) is 0 Å². The van der Waals surface area contributed by atoms with Crippen LogP contribution in [-0.4, -0.2) is 12.2 Å². The maximum Gasteiger partial charge on any atom is 0.122 e. The molecule has 0 amide bonds. The molecule has 0 saturated heterocycles. The van der Waals surface area contributed by atoms with Gasteiger partial charge in [0, 0.05) is 0 Å². The smallest absolute Gasteiger partial charge is 0.122 e. The highest BCUT2D eigenvalue weighted by Crippen LogP contribution is 2.26. The molecule has 1 aromatic rings. The van der Waals surface area contributed by atoms with Crippen molar-refractivity contribution in [3.63, 3.8) is 0 Å². The summed E-state index contributed by atoms with van der Waals surface area (Å²) < 4.78 is 5.21. The van der Waals surface area contributed by atoms with Crippen molar-refractivity contribution in [3.05, 3.63) is 28.8 Å². The molecule has 0 aliphatic heterocycles. The molecule has 13 heavy (non-hydrogen) atoms. The third-order valence-electron chi connectivity index (χ3n) is 2.34. The zero-order chi connectivity index (χ0) is 10.0. The first-order valence-electron chi connectivity index (χ1n) is 4.39. The van der Waals surface area contributed by atoms with E-state index >= 15 is 0 Å². The van der Waals surface area contributed by atoms with Crippen LogP contribution in [0.2, 0.25) is 0 Å². The Labute approximate surface area is 79.2 Å². The highest BCUT2D eigenvalue weighted by molar-refractivity contribution is 5.42. The van der Waals surface area contributed by atoms with E-state index in [1.54, 1.807) is 14.0 Å². The van der Waals surface area contributed by atoms with Crippen LogP contribution in [0.25, 0.3) is 0 Å². The molecule has 72 valence electrons. The molecule has 2 heteroatoms. The first-order valence-corrected chi connectivity index (χ1v) is 4.39. The van der Waals surface area contributed by atoms with Gasteiger partial charge in [-0.3, -0.25) is 0 Å². The molecule has 0 heterocycles. The number of aliphatic hydroxyl groups is 1. The van der Waals surface area contributed by atoms with Crippen molar-refractivity contribution in [2.45, 2.75) is 26.9 Å². The van der Waals surface area contributed by atoms with E-state index in [9.17, 15) is 5.11 Å². The van der Waals surface area contributed by atoms with E-state index in [1.165, 1.54) is 0 Å². The van der Waals surface area contributed by atoms with Crippen molar-refractivity contribution >= 4 is 0 Å². The second-order valence-electron chi connectivity index (χ2n) is 3.34. The Hall–Kier alpha value is -1.02. The molecular weight excluding hydrogens is 164 g/mol. The molecule has 0 aromatic heterocycles. The number of hydrogen-bond acceptors (Lipinski definition) is 2. The van der Waals surface area contributed by atoms with Gasteiger partial charge >= 0.3 is 0 Å². The van der Waals surface area contributed by atoms with E-state index in [0.717, 1.165) is 22.4 Å². The Morgan fingerprint density at radius 1 is 1.31 bits per heavy atom. The lowest BCUT2D eigenvalue weighted by Gasteiger charge is -2.12. The fourth-order valence-electron chi connectivity index (χ4n) is 1.31. The van der Waals surface area contributed by atoms with Crippen LogP contribution in [0.1, 0.15) is 29.7 Å². The number of benzene rings is 1. The molecule has 1 atom stereocenters. The van der Waals surface area contributed by atoms with Gasteiger partial charge in [0.2, 0.25) is 0 Å². The lowest BCUT2D eigenvalue weighted by atomic mass is 10.0. The molecule has 0 saturated carbocycles. The Morgan fingerprint density at radius 3 is 2.38 bits per heavy atom. The summed E-state index contributed by atoms with van der Waals surface area (Å²) >= 11 is 0. The molecule has 0 radical (unpaired) electrons. The van der Waals surface area contributed by atoms with Crippen LogP contribution < -0.4 is 4.74 Å². The van der Waals surface area contributed by atoms with E-state index in [4.69, 9.17) is 4.74 Å². The predicted molar refractivity (Wildman–Crippen MR) is 53.1 cm³/mol. The summed E-state index contributed by atoms with van der Waals surface area (Å²) in [7, 11) is 1.65. The molecular formula is C11H16O2. The highest BCUT2D eigenvalue weighted by Gasteiger charge is 2.07.